The molecule has 0 saturated carbocycles. The quantitative estimate of drug-likeness (QED) is 0.327. The third kappa shape index (κ3) is 1.26. The number of amidine groups is 1. The van der Waals surface area contributed by atoms with Crippen molar-refractivity contribution in [3.05, 3.63) is 0 Å². The number of piperidine rings is 1. The fourth-order valence-electron chi connectivity index (χ4n) is 1.06. The molecular formula is C6H10N2O2. The number of rotatable bonds is 1. The van der Waals surface area contributed by atoms with Gasteiger partial charge in [-0.2, -0.15) is 0 Å². The van der Waals surface area contributed by atoms with E-state index in [1.807, 2.05) is 0 Å². The Morgan fingerprint density at radius 3 is 2.90 bits per heavy atom. The summed E-state index contributed by atoms with van der Waals surface area (Å²) in [6.07, 6.45) is 3.41. The third-order valence-corrected chi connectivity index (χ3v) is 1.62. The monoisotopic (exact) mass is 142 g/mol. The standard InChI is InChI=1S/C6H10N2O2/c9-5-8-4-2-1-3-6(8)7-10/h5,10H,1-4H2. The van der Waals surface area contributed by atoms with Crippen molar-refractivity contribution in [2.24, 2.45) is 5.16 Å². The summed E-state index contributed by atoms with van der Waals surface area (Å²) in [6.45, 7) is 0.683. The van der Waals surface area contributed by atoms with E-state index in [0.717, 1.165) is 12.8 Å². The van der Waals surface area contributed by atoms with Crippen LogP contribution >= 0.6 is 0 Å². The molecule has 0 aromatic rings. The molecule has 0 aromatic heterocycles. The Hall–Kier alpha value is -1.06. The van der Waals surface area contributed by atoms with Gasteiger partial charge in [0.15, 0.2) is 5.84 Å². The Kier molecular flexibility index (Phi) is 2.25. The van der Waals surface area contributed by atoms with Gasteiger partial charge in [0.1, 0.15) is 0 Å². The second-order valence-corrected chi connectivity index (χ2v) is 2.27. The first kappa shape index (κ1) is 7.05. The Bertz CT molecular complexity index is 156. The average Bonchev–Trinajstić information content (AvgIpc) is 2.04. The molecular weight excluding hydrogens is 132 g/mol. The van der Waals surface area contributed by atoms with Crippen LogP contribution in [0.4, 0.5) is 0 Å². The van der Waals surface area contributed by atoms with E-state index in [1.165, 1.54) is 4.90 Å². The summed E-state index contributed by atoms with van der Waals surface area (Å²) in [4.78, 5) is 11.7. The van der Waals surface area contributed by atoms with Crippen LogP contribution in [0.2, 0.25) is 0 Å². The molecule has 1 N–H and O–H groups in total. The molecule has 4 heteroatoms. The smallest absolute Gasteiger partial charge is 0.215 e. The lowest BCUT2D eigenvalue weighted by Crippen LogP contribution is -2.34. The molecule has 0 bridgehead atoms. The van der Waals surface area contributed by atoms with Crippen LogP contribution in [0.25, 0.3) is 0 Å². The minimum Gasteiger partial charge on any atom is -0.409 e. The van der Waals surface area contributed by atoms with E-state index >= 15 is 0 Å². The molecule has 1 fully saturated rings. The topological polar surface area (TPSA) is 52.9 Å². The Balaban J connectivity index is 2.59. The van der Waals surface area contributed by atoms with Crippen molar-refractivity contribution in [1.29, 1.82) is 0 Å². The van der Waals surface area contributed by atoms with Gasteiger partial charge >= 0.3 is 0 Å². The summed E-state index contributed by atoms with van der Waals surface area (Å²) in [5.74, 6) is 0.487. The number of amides is 1. The number of oxime groups is 1. The van der Waals surface area contributed by atoms with Gasteiger partial charge in [-0.05, 0) is 12.8 Å². The molecule has 1 heterocycles. The molecule has 0 aliphatic carbocycles. The molecule has 0 atom stereocenters. The largest absolute Gasteiger partial charge is 0.409 e. The molecule has 1 aliphatic heterocycles. The van der Waals surface area contributed by atoms with Crippen LogP contribution in [0, 0.1) is 0 Å². The van der Waals surface area contributed by atoms with Crippen LogP contribution in [0.3, 0.4) is 0 Å². The fraction of sp³-hybridized carbons (Fsp3) is 0.667. The van der Waals surface area contributed by atoms with Crippen LogP contribution in [-0.2, 0) is 4.79 Å². The van der Waals surface area contributed by atoms with Gasteiger partial charge in [0, 0.05) is 13.0 Å². The van der Waals surface area contributed by atoms with E-state index in [9.17, 15) is 4.79 Å². The van der Waals surface area contributed by atoms with Gasteiger partial charge in [-0.25, -0.2) is 0 Å². The molecule has 1 saturated heterocycles. The fourth-order valence-corrected chi connectivity index (χ4v) is 1.06. The lowest BCUT2D eigenvalue weighted by Gasteiger charge is -2.22. The molecule has 4 nitrogen and oxygen atoms in total. The first-order valence-corrected chi connectivity index (χ1v) is 3.31. The van der Waals surface area contributed by atoms with E-state index in [4.69, 9.17) is 5.21 Å². The number of carbonyl (C=O) groups excluding carboxylic acids is 1. The predicted octanol–water partition coefficient (Wildman–Crippen LogP) is 0.416. The molecule has 0 spiro atoms. The third-order valence-electron chi connectivity index (χ3n) is 1.62. The maximum absolute atomic E-state index is 10.3. The summed E-state index contributed by atoms with van der Waals surface area (Å²) in [7, 11) is 0. The Morgan fingerprint density at radius 2 is 2.40 bits per heavy atom. The lowest BCUT2D eigenvalue weighted by molar-refractivity contribution is -0.115. The normalized spacial score (nSPS) is 23.2. The maximum Gasteiger partial charge on any atom is 0.215 e. The lowest BCUT2D eigenvalue weighted by atomic mass is 10.1. The zero-order valence-corrected chi connectivity index (χ0v) is 5.66. The number of hydrogen-bond donors (Lipinski definition) is 1. The summed E-state index contributed by atoms with van der Waals surface area (Å²) in [5, 5.41) is 11.4. The van der Waals surface area contributed by atoms with Gasteiger partial charge in [-0.3, -0.25) is 4.79 Å². The molecule has 1 rings (SSSR count). The second kappa shape index (κ2) is 3.20. The van der Waals surface area contributed by atoms with Gasteiger partial charge in [-0.15, -0.1) is 0 Å². The number of likely N-dealkylation sites (tertiary alicyclic amines) is 1. The highest BCUT2D eigenvalue weighted by atomic mass is 16.4. The van der Waals surface area contributed by atoms with E-state index < -0.39 is 0 Å². The van der Waals surface area contributed by atoms with Crippen molar-refractivity contribution >= 4 is 12.2 Å². The molecule has 0 unspecified atom stereocenters. The highest BCUT2D eigenvalue weighted by Crippen LogP contribution is 2.09. The van der Waals surface area contributed by atoms with Crippen LogP contribution < -0.4 is 0 Å². The molecule has 0 aromatic carbocycles. The summed E-state index contributed by atoms with van der Waals surface area (Å²) < 4.78 is 0. The first-order valence-electron chi connectivity index (χ1n) is 3.31. The molecule has 56 valence electrons. The van der Waals surface area contributed by atoms with E-state index in [-0.39, 0.29) is 0 Å². The molecule has 1 amide bonds. The number of nitrogens with zero attached hydrogens (tertiary/aromatic N) is 2. The van der Waals surface area contributed by atoms with Gasteiger partial charge in [-0.1, -0.05) is 5.16 Å². The Labute approximate surface area is 59.1 Å². The van der Waals surface area contributed by atoms with Crippen LogP contribution in [0.15, 0.2) is 5.16 Å². The minimum atomic E-state index is 0.487. The predicted molar refractivity (Wildman–Crippen MR) is 35.8 cm³/mol. The van der Waals surface area contributed by atoms with Crippen molar-refractivity contribution in [2.45, 2.75) is 19.3 Å². The average molecular weight is 142 g/mol. The maximum atomic E-state index is 10.3. The zero-order chi connectivity index (χ0) is 7.40. The summed E-state index contributed by atoms with van der Waals surface area (Å²) >= 11 is 0. The highest BCUT2D eigenvalue weighted by molar-refractivity contribution is 5.90. The van der Waals surface area contributed by atoms with E-state index in [0.29, 0.717) is 25.2 Å². The van der Waals surface area contributed by atoms with Crippen molar-refractivity contribution in [3.63, 3.8) is 0 Å². The van der Waals surface area contributed by atoms with Gasteiger partial charge in [0.05, 0.1) is 0 Å². The number of carbonyl (C=O) groups is 1. The zero-order valence-electron chi connectivity index (χ0n) is 5.66. The van der Waals surface area contributed by atoms with Crippen molar-refractivity contribution in [2.75, 3.05) is 6.54 Å². The Morgan fingerprint density at radius 1 is 1.60 bits per heavy atom. The van der Waals surface area contributed by atoms with Crippen molar-refractivity contribution in [3.8, 4) is 0 Å². The van der Waals surface area contributed by atoms with Crippen LogP contribution in [0.5, 0.6) is 0 Å². The first-order chi connectivity index (χ1) is 4.88. The van der Waals surface area contributed by atoms with Gasteiger partial charge in [0.2, 0.25) is 6.41 Å². The van der Waals surface area contributed by atoms with Crippen molar-refractivity contribution < 1.29 is 10.0 Å². The van der Waals surface area contributed by atoms with E-state index in [1.54, 1.807) is 0 Å². The van der Waals surface area contributed by atoms with E-state index in [2.05, 4.69) is 5.16 Å². The van der Waals surface area contributed by atoms with Gasteiger partial charge in [0.25, 0.3) is 0 Å². The highest BCUT2D eigenvalue weighted by Gasteiger charge is 2.14. The summed E-state index contributed by atoms with van der Waals surface area (Å²) in [5.41, 5.74) is 0. The van der Waals surface area contributed by atoms with Crippen molar-refractivity contribution in [1.82, 2.24) is 4.90 Å². The minimum absolute atomic E-state index is 0.487. The summed E-state index contributed by atoms with van der Waals surface area (Å²) in [6, 6.07) is 0. The van der Waals surface area contributed by atoms with Gasteiger partial charge < -0.3 is 10.1 Å². The van der Waals surface area contributed by atoms with Crippen LogP contribution in [0.1, 0.15) is 19.3 Å². The molecule has 1 aliphatic rings. The SMILES string of the molecule is O=CN1CCCCC1=NO. The molecule has 10 heavy (non-hydrogen) atoms. The second-order valence-electron chi connectivity index (χ2n) is 2.27. The number of hydrogen-bond acceptors (Lipinski definition) is 3. The molecule has 0 radical (unpaired) electrons. The van der Waals surface area contributed by atoms with Crippen LogP contribution in [-0.4, -0.2) is 28.9 Å².